The van der Waals surface area contributed by atoms with Gasteiger partial charge < -0.3 is 11.5 Å². The molecule has 0 aromatic heterocycles. The molecule has 0 saturated carbocycles. The molecule has 0 aromatic carbocycles. The van der Waals surface area contributed by atoms with Gasteiger partial charge in [0.2, 0.25) is 5.96 Å². The number of guanidine groups is 1. The Morgan fingerprint density at radius 3 is 2.27 bits per heavy atom. The Balaban J connectivity index is 4.35. The van der Waals surface area contributed by atoms with Crippen LogP contribution in [0.1, 0.15) is 34.1 Å². The third-order valence-corrected chi connectivity index (χ3v) is 2.09. The highest BCUT2D eigenvalue weighted by molar-refractivity contribution is 5.76. The van der Waals surface area contributed by atoms with Gasteiger partial charge in [-0.05, 0) is 26.2 Å². The summed E-state index contributed by atoms with van der Waals surface area (Å²) in [5.74, 6) is 0.900. The van der Waals surface area contributed by atoms with E-state index in [2.05, 4.69) is 44.0 Å². The van der Waals surface area contributed by atoms with Crippen LogP contribution in [-0.2, 0) is 0 Å². The smallest absolute Gasteiger partial charge is 0.211 e. The van der Waals surface area contributed by atoms with Crippen LogP contribution in [0.25, 0.3) is 0 Å². The average Bonchev–Trinajstić information content (AvgIpc) is 2.09. The molecule has 0 aliphatic carbocycles. The minimum atomic E-state index is -0.00373. The summed E-state index contributed by atoms with van der Waals surface area (Å²) < 4.78 is 0. The molecule has 0 amide bonds. The highest BCUT2D eigenvalue weighted by atomic mass is 15.3. The quantitative estimate of drug-likeness (QED) is 0.314. The molecule has 0 heterocycles. The fraction of sp³-hybridized carbons (Fsp3) is 0.636. The minimum Gasteiger partial charge on any atom is -0.369 e. The average molecular weight is 210 g/mol. The molecule has 1 atom stereocenters. The maximum absolute atomic E-state index is 5.18. The molecule has 0 saturated heterocycles. The van der Waals surface area contributed by atoms with Gasteiger partial charge in [-0.1, -0.05) is 25.5 Å². The van der Waals surface area contributed by atoms with Crippen molar-refractivity contribution in [1.29, 1.82) is 0 Å². The lowest BCUT2D eigenvalue weighted by atomic mass is 9.93. The van der Waals surface area contributed by atoms with Gasteiger partial charge in [-0.15, -0.1) is 5.10 Å². The summed E-state index contributed by atoms with van der Waals surface area (Å²) in [6, 6.07) is 0. The second-order valence-corrected chi connectivity index (χ2v) is 4.21. The fourth-order valence-corrected chi connectivity index (χ4v) is 1.06. The maximum atomic E-state index is 5.18. The van der Waals surface area contributed by atoms with Crippen molar-refractivity contribution in [3.63, 3.8) is 0 Å². The summed E-state index contributed by atoms with van der Waals surface area (Å²) in [7, 11) is 0. The molecular weight excluding hydrogens is 188 g/mol. The number of rotatable bonds is 5. The van der Waals surface area contributed by atoms with E-state index in [1.807, 2.05) is 6.21 Å². The van der Waals surface area contributed by atoms with Crippen molar-refractivity contribution in [2.45, 2.75) is 34.1 Å². The lowest BCUT2D eigenvalue weighted by molar-refractivity contribution is 0.505. The van der Waals surface area contributed by atoms with Gasteiger partial charge in [-0.2, -0.15) is 5.10 Å². The van der Waals surface area contributed by atoms with E-state index in [-0.39, 0.29) is 5.96 Å². The second kappa shape index (κ2) is 7.04. The molecular formula is C11H22N4. The molecule has 0 aliphatic rings. The Hall–Kier alpha value is -1.32. The van der Waals surface area contributed by atoms with Gasteiger partial charge in [0.25, 0.3) is 0 Å². The maximum Gasteiger partial charge on any atom is 0.211 e. The zero-order chi connectivity index (χ0) is 11.8. The van der Waals surface area contributed by atoms with Crippen molar-refractivity contribution in [2.24, 2.45) is 33.5 Å². The highest BCUT2D eigenvalue weighted by Crippen LogP contribution is 2.14. The molecule has 1 unspecified atom stereocenters. The number of nitrogens with zero attached hydrogens (tertiary/aromatic N) is 2. The van der Waals surface area contributed by atoms with Crippen molar-refractivity contribution < 1.29 is 0 Å². The minimum absolute atomic E-state index is 0.00373. The Morgan fingerprint density at radius 2 is 1.87 bits per heavy atom. The van der Waals surface area contributed by atoms with E-state index in [9.17, 15) is 0 Å². The van der Waals surface area contributed by atoms with Crippen LogP contribution >= 0.6 is 0 Å². The number of hydrogen-bond acceptors (Lipinski definition) is 2. The summed E-state index contributed by atoms with van der Waals surface area (Å²) in [4.78, 5) is 0. The van der Waals surface area contributed by atoms with Crippen LogP contribution < -0.4 is 11.5 Å². The molecule has 86 valence electrons. The topological polar surface area (TPSA) is 76.8 Å². The van der Waals surface area contributed by atoms with Crippen LogP contribution in [0, 0.1) is 11.8 Å². The zero-order valence-electron chi connectivity index (χ0n) is 10.1. The Bertz CT molecular complexity index is 256. The first-order valence-electron chi connectivity index (χ1n) is 5.19. The van der Waals surface area contributed by atoms with E-state index >= 15 is 0 Å². The Labute approximate surface area is 92.1 Å². The molecule has 4 N–H and O–H groups in total. The lowest BCUT2D eigenvalue weighted by Crippen LogP contribution is -2.22. The predicted octanol–water partition coefficient (Wildman–Crippen LogP) is 1.87. The van der Waals surface area contributed by atoms with Gasteiger partial charge >= 0.3 is 0 Å². The van der Waals surface area contributed by atoms with Crippen molar-refractivity contribution in [3.8, 4) is 0 Å². The van der Waals surface area contributed by atoms with Gasteiger partial charge in [0.15, 0.2) is 0 Å². The normalized spacial score (nSPS) is 12.9. The van der Waals surface area contributed by atoms with Crippen LogP contribution in [0.15, 0.2) is 21.9 Å². The highest BCUT2D eigenvalue weighted by Gasteiger charge is 2.08. The number of allylic oxidation sites excluding steroid dienone is 2. The van der Waals surface area contributed by atoms with Crippen molar-refractivity contribution in [2.75, 3.05) is 0 Å². The summed E-state index contributed by atoms with van der Waals surface area (Å²) in [6.45, 7) is 8.49. The second-order valence-electron chi connectivity index (χ2n) is 4.21. The Kier molecular flexibility index (Phi) is 6.42. The lowest BCUT2D eigenvalue weighted by Gasteiger charge is -2.13. The fourth-order valence-electron chi connectivity index (χ4n) is 1.06. The SMILES string of the molecule is CC(C)=CCC(/C=N/N=C(N)N)C(C)C. The van der Waals surface area contributed by atoms with E-state index in [4.69, 9.17) is 11.5 Å². The Morgan fingerprint density at radius 1 is 1.27 bits per heavy atom. The number of nitrogens with two attached hydrogens (primary N) is 2. The van der Waals surface area contributed by atoms with Crippen LogP contribution in [0.3, 0.4) is 0 Å². The number of hydrogen-bond donors (Lipinski definition) is 2. The molecule has 0 bridgehead atoms. The molecule has 4 heteroatoms. The molecule has 0 radical (unpaired) electrons. The summed E-state index contributed by atoms with van der Waals surface area (Å²) >= 11 is 0. The van der Waals surface area contributed by atoms with Crippen LogP contribution in [0.5, 0.6) is 0 Å². The molecule has 0 rings (SSSR count). The van der Waals surface area contributed by atoms with E-state index in [0.717, 1.165) is 6.42 Å². The van der Waals surface area contributed by atoms with Crippen molar-refractivity contribution >= 4 is 12.2 Å². The summed E-state index contributed by atoms with van der Waals surface area (Å²) in [5, 5.41) is 7.45. The summed E-state index contributed by atoms with van der Waals surface area (Å²) in [6.07, 6.45) is 4.99. The standard InChI is InChI=1S/C11H22N4/c1-8(2)5-6-10(9(3)4)7-14-15-11(12)13/h5,7,9-10H,6H2,1-4H3,(H4,12,13,15)/b14-7+. The predicted molar refractivity (Wildman–Crippen MR) is 66.7 cm³/mol. The molecule has 0 spiro atoms. The van der Waals surface area contributed by atoms with E-state index < -0.39 is 0 Å². The van der Waals surface area contributed by atoms with Gasteiger partial charge in [0, 0.05) is 12.1 Å². The van der Waals surface area contributed by atoms with E-state index in [1.165, 1.54) is 5.57 Å². The van der Waals surface area contributed by atoms with Crippen molar-refractivity contribution in [1.82, 2.24) is 0 Å². The van der Waals surface area contributed by atoms with E-state index in [1.54, 1.807) is 0 Å². The van der Waals surface area contributed by atoms with Gasteiger partial charge in [0.05, 0.1) is 0 Å². The first kappa shape index (κ1) is 13.7. The van der Waals surface area contributed by atoms with E-state index in [0.29, 0.717) is 11.8 Å². The zero-order valence-corrected chi connectivity index (χ0v) is 10.1. The molecule has 4 nitrogen and oxygen atoms in total. The molecule has 0 fully saturated rings. The largest absolute Gasteiger partial charge is 0.369 e. The molecule has 0 aliphatic heterocycles. The monoisotopic (exact) mass is 210 g/mol. The van der Waals surface area contributed by atoms with Crippen molar-refractivity contribution in [3.05, 3.63) is 11.6 Å². The van der Waals surface area contributed by atoms with Gasteiger partial charge in [0.1, 0.15) is 0 Å². The van der Waals surface area contributed by atoms with Crippen LogP contribution in [-0.4, -0.2) is 12.2 Å². The third-order valence-electron chi connectivity index (χ3n) is 2.09. The molecule has 0 aromatic rings. The first-order valence-corrected chi connectivity index (χ1v) is 5.19. The molecule has 15 heavy (non-hydrogen) atoms. The summed E-state index contributed by atoms with van der Waals surface area (Å²) in [5.41, 5.74) is 11.7. The van der Waals surface area contributed by atoms with Crippen LogP contribution in [0.2, 0.25) is 0 Å². The first-order chi connectivity index (χ1) is 6.93. The van der Waals surface area contributed by atoms with Crippen LogP contribution in [0.4, 0.5) is 0 Å². The van der Waals surface area contributed by atoms with Gasteiger partial charge in [-0.25, -0.2) is 0 Å². The third kappa shape index (κ3) is 7.73. The van der Waals surface area contributed by atoms with Gasteiger partial charge in [-0.3, -0.25) is 0 Å².